The highest BCUT2D eigenvalue weighted by molar-refractivity contribution is 14.1. The average molecular weight is 347 g/mol. The second-order valence-corrected chi connectivity index (χ2v) is 6.20. The van der Waals surface area contributed by atoms with E-state index in [-0.39, 0.29) is 5.56 Å². The molecule has 0 aromatic carbocycles. The monoisotopic (exact) mass is 347 g/mol. The van der Waals surface area contributed by atoms with Crippen molar-refractivity contribution in [3.05, 3.63) is 20.3 Å². The fraction of sp³-hybridized carbons (Fsp3) is 0.667. The van der Waals surface area contributed by atoms with Gasteiger partial charge in [-0.05, 0) is 40.8 Å². The van der Waals surface area contributed by atoms with E-state index in [4.69, 9.17) is 0 Å². The maximum Gasteiger partial charge on any atom is 0.266 e. The molecule has 0 atom stereocenters. The van der Waals surface area contributed by atoms with Gasteiger partial charge in [-0.2, -0.15) is 0 Å². The first-order valence-corrected chi connectivity index (χ1v) is 7.16. The summed E-state index contributed by atoms with van der Waals surface area (Å²) in [5.41, 5.74) is 0.280. The highest BCUT2D eigenvalue weighted by atomic mass is 127. The molecule has 0 saturated heterocycles. The first-order chi connectivity index (χ1) is 8.11. The molecule has 1 heterocycles. The molecule has 0 spiro atoms. The number of hydrogen-bond acceptors (Lipinski definition) is 3. The fourth-order valence-corrected chi connectivity index (χ4v) is 2.87. The largest absolute Gasteiger partial charge is 0.368 e. The van der Waals surface area contributed by atoms with Gasteiger partial charge in [0.1, 0.15) is 9.39 Å². The van der Waals surface area contributed by atoms with E-state index >= 15 is 0 Å². The summed E-state index contributed by atoms with van der Waals surface area (Å²) in [7, 11) is 0. The Morgan fingerprint density at radius 3 is 2.88 bits per heavy atom. The quantitative estimate of drug-likeness (QED) is 0.827. The third-order valence-corrected chi connectivity index (χ3v) is 4.54. The van der Waals surface area contributed by atoms with E-state index in [2.05, 4.69) is 22.2 Å². The predicted molar refractivity (Wildman–Crippen MR) is 77.3 cm³/mol. The van der Waals surface area contributed by atoms with E-state index in [1.807, 2.05) is 22.6 Å². The SMILES string of the molecule is CC1(CNc2nc[nH]c(=O)c2I)CCCCC1. The van der Waals surface area contributed by atoms with Crippen molar-refractivity contribution in [3.8, 4) is 0 Å². The maximum absolute atomic E-state index is 11.4. The zero-order valence-corrected chi connectivity index (χ0v) is 12.2. The van der Waals surface area contributed by atoms with Crippen molar-refractivity contribution in [2.24, 2.45) is 5.41 Å². The minimum atomic E-state index is -0.0723. The van der Waals surface area contributed by atoms with Gasteiger partial charge in [-0.3, -0.25) is 4.79 Å². The topological polar surface area (TPSA) is 57.8 Å². The summed E-state index contributed by atoms with van der Waals surface area (Å²) < 4.78 is 0.643. The molecule has 2 rings (SSSR count). The maximum atomic E-state index is 11.4. The first-order valence-electron chi connectivity index (χ1n) is 6.08. The Kier molecular flexibility index (Phi) is 4.06. The number of halogens is 1. The van der Waals surface area contributed by atoms with Crippen LogP contribution >= 0.6 is 22.6 Å². The molecule has 1 aliphatic rings. The predicted octanol–water partition coefficient (Wildman–Crippen LogP) is 2.76. The third kappa shape index (κ3) is 3.20. The molecule has 4 nitrogen and oxygen atoms in total. The van der Waals surface area contributed by atoms with Gasteiger partial charge in [0.25, 0.3) is 5.56 Å². The van der Waals surface area contributed by atoms with Gasteiger partial charge < -0.3 is 10.3 Å². The molecule has 5 heteroatoms. The van der Waals surface area contributed by atoms with Crippen molar-refractivity contribution in [1.29, 1.82) is 0 Å². The van der Waals surface area contributed by atoms with Crippen LogP contribution in [0.5, 0.6) is 0 Å². The average Bonchev–Trinajstić information content (AvgIpc) is 2.32. The number of nitrogens with zero attached hydrogens (tertiary/aromatic N) is 1. The summed E-state index contributed by atoms with van der Waals surface area (Å²) in [6.45, 7) is 3.22. The lowest BCUT2D eigenvalue weighted by Crippen LogP contribution is -2.30. The lowest BCUT2D eigenvalue weighted by atomic mass is 9.76. The van der Waals surface area contributed by atoms with Gasteiger partial charge in [0.05, 0.1) is 6.33 Å². The van der Waals surface area contributed by atoms with Gasteiger partial charge in [-0.15, -0.1) is 0 Å². The van der Waals surface area contributed by atoms with E-state index in [1.165, 1.54) is 38.4 Å². The van der Waals surface area contributed by atoms with Crippen LogP contribution in [-0.2, 0) is 0 Å². The lowest BCUT2D eigenvalue weighted by Gasteiger charge is -2.33. The van der Waals surface area contributed by atoms with E-state index in [0.717, 1.165) is 6.54 Å². The van der Waals surface area contributed by atoms with Gasteiger partial charge >= 0.3 is 0 Å². The van der Waals surface area contributed by atoms with Crippen LogP contribution in [0.15, 0.2) is 11.1 Å². The molecular weight excluding hydrogens is 329 g/mol. The van der Waals surface area contributed by atoms with Crippen LogP contribution in [0, 0.1) is 8.99 Å². The molecular formula is C12H18IN3O. The Labute approximate surface area is 115 Å². The van der Waals surface area contributed by atoms with Gasteiger partial charge in [0.2, 0.25) is 0 Å². The molecule has 94 valence electrons. The Bertz CT molecular complexity index is 438. The highest BCUT2D eigenvalue weighted by Crippen LogP contribution is 2.35. The lowest BCUT2D eigenvalue weighted by molar-refractivity contribution is 0.233. The summed E-state index contributed by atoms with van der Waals surface area (Å²) in [6.07, 6.45) is 7.97. The Morgan fingerprint density at radius 2 is 2.18 bits per heavy atom. The normalized spacial score (nSPS) is 18.9. The van der Waals surface area contributed by atoms with Crippen molar-refractivity contribution in [1.82, 2.24) is 9.97 Å². The molecule has 1 aromatic heterocycles. The Balaban J connectivity index is 2.02. The highest BCUT2D eigenvalue weighted by Gasteiger charge is 2.26. The summed E-state index contributed by atoms with van der Waals surface area (Å²) in [5.74, 6) is 0.709. The van der Waals surface area contributed by atoms with E-state index in [0.29, 0.717) is 14.8 Å². The number of H-pyrrole nitrogens is 1. The van der Waals surface area contributed by atoms with Crippen LogP contribution in [0.3, 0.4) is 0 Å². The summed E-state index contributed by atoms with van der Waals surface area (Å²) in [6, 6.07) is 0. The van der Waals surface area contributed by atoms with E-state index in [9.17, 15) is 4.79 Å². The van der Waals surface area contributed by atoms with Crippen molar-refractivity contribution in [2.45, 2.75) is 39.0 Å². The second-order valence-electron chi connectivity index (χ2n) is 5.12. The van der Waals surface area contributed by atoms with Gasteiger partial charge in [-0.1, -0.05) is 26.2 Å². The van der Waals surface area contributed by atoms with Crippen LogP contribution in [0.4, 0.5) is 5.82 Å². The number of rotatable bonds is 3. The first kappa shape index (κ1) is 12.9. The molecule has 1 fully saturated rings. The third-order valence-electron chi connectivity index (χ3n) is 3.54. The Hall–Kier alpha value is -0.590. The summed E-state index contributed by atoms with van der Waals surface area (Å²) >= 11 is 2.04. The number of nitrogens with one attached hydrogen (secondary N) is 2. The molecule has 1 aromatic rings. The number of anilines is 1. The minimum absolute atomic E-state index is 0.0723. The van der Waals surface area contributed by atoms with Crippen molar-refractivity contribution in [3.63, 3.8) is 0 Å². The molecule has 17 heavy (non-hydrogen) atoms. The van der Waals surface area contributed by atoms with Crippen LogP contribution in [0.1, 0.15) is 39.0 Å². The smallest absolute Gasteiger partial charge is 0.266 e. The molecule has 1 aliphatic carbocycles. The van der Waals surface area contributed by atoms with E-state index < -0.39 is 0 Å². The molecule has 2 N–H and O–H groups in total. The zero-order chi connectivity index (χ0) is 12.3. The van der Waals surface area contributed by atoms with Gasteiger partial charge in [-0.25, -0.2) is 4.98 Å². The van der Waals surface area contributed by atoms with Crippen LogP contribution in [0.2, 0.25) is 0 Å². The van der Waals surface area contributed by atoms with E-state index in [1.54, 1.807) is 0 Å². The minimum Gasteiger partial charge on any atom is -0.368 e. The molecule has 0 radical (unpaired) electrons. The summed E-state index contributed by atoms with van der Waals surface area (Å²) in [5, 5.41) is 3.33. The van der Waals surface area contributed by atoms with Gasteiger partial charge in [0.15, 0.2) is 0 Å². The molecule has 1 saturated carbocycles. The summed E-state index contributed by atoms with van der Waals surface area (Å²) in [4.78, 5) is 18.2. The zero-order valence-electron chi connectivity index (χ0n) is 10.1. The van der Waals surface area contributed by atoms with Gasteiger partial charge in [0, 0.05) is 6.54 Å². The van der Waals surface area contributed by atoms with Crippen molar-refractivity contribution in [2.75, 3.05) is 11.9 Å². The van der Waals surface area contributed by atoms with Crippen molar-refractivity contribution >= 4 is 28.4 Å². The number of hydrogen-bond donors (Lipinski definition) is 2. The number of aromatic amines is 1. The van der Waals surface area contributed by atoms with Crippen LogP contribution < -0.4 is 10.9 Å². The molecule has 0 amide bonds. The fourth-order valence-electron chi connectivity index (χ4n) is 2.39. The van der Waals surface area contributed by atoms with Crippen LogP contribution in [0.25, 0.3) is 0 Å². The molecule has 0 bridgehead atoms. The van der Waals surface area contributed by atoms with Crippen molar-refractivity contribution < 1.29 is 0 Å². The standard InChI is InChI=1S/C12H18IN3O/c1-12(5-3-2-4-6-12)7-14-10-9(13)11(17)16-8-15-10/h8H,2-7H2,1H3,(H2,14,15,16,17). The Morgan fingerprint density at radius 1 is 1.47 bits per heavy atom. The molecule has 0 aliphatic heterocycles. The second kappa shape index (κ2) is 5.37. The molecule has 0 unspecified atom stereocenters. The number of aromatic nitrogens is 2. The van der Waals surface area contributed by atoms with Crippen LogP contribution in [-0.4, -0.2) is 16.5 Å².